The Morgan fingerprint density at radius 1 is 1.04 bits per heavy atom. The fraction of sp³-hybridized carbons (Fsp3) is 0.316. The number of ether oxygens (including phenoxy) is 1. The van der Waals surface area contributed by atoms with Crippen LogP contribution in [0.5, 0.6) is 5.75 Å². The summed E-state index contributed by atoms with van der Waals surface area (Å²) in [7, 11) is 1.64. The molecule has 2 amide bonds. The van der Waals surface area contributed by atoms with Crippen molar-refractivity contribution in [1.82, 2.24) is 0 Å². The van der Waals surface area contributed by atoms with E-state index in [0.717, 1.165) is 22.2 Å². The maximum atomic E-state index is 10.7. The van der Waals surface area contributed by atoms with Crippen LogP contribution < -0.4 is 15.8 Å². The highest BCUT2D eigenvalue weighted by Crippen LogP contribution is 2.26. The van der Waals surface area contributed by atoms with Gasteiger partial charge >= 0.3 is 6.03 Å². The number of carbonyl (C=O) groups excluding carboxylic acids is 1. The van der Waals surface area contributed by atoms with E-state index in [-0.39, 0.29) is 0 Å². The van der Waals surface area contributed by atoms with Gasteiger partial charge in [-0.3, -0.25) is 0 Å². The van der Waals surface area contributed by atoms with E-state index in [1.807, 2.05) is 70.2 Å². The van der Waals surface area contributed by atoms with Crippen molar-refractivity contribution in [1.29, 1.82) is 0 Å². The number of carbonyl (C=O) groups is 1. The van der Waals surface area contributed by atoms with E-state index in [4.69, 9.17) is 10.5 Å². The van der Waals surface area contributed by atoms with E-state index >= 15 is 0 Å². The van der Waals surface area contributed by atoms with Gasteiger partial charge in [-0.2, -0.15) is 0 Å². The lowest BCUT2D eigenvalue weighted by Crippen LogP contribution is -2.19. The number of urea groups is 1. The number of methoxy groups -OCH3 is 1. The molecule has 0 saturated carbocycles. The average Bonchev–Trinajstić information content (AvgIpc) is 2.60. The average molecular weight is 395 g/mol. The first-order chi connectivity index (χ1) is 11.6. The molecule has 2 aromatic carbocycles. The first-order valence-electron chi connectivity index (χ1n) is 8.06. The Bertz CT molecular complexity index is 613. The molecule has 4 nitrogen and oxygen atoms in total. The normalized spacial score (nSPS) is 8.92. The number of hydrogen-bond acceptors (Lipinski definition) is 2. The third-order valence-corrected chi connectivity index (χ3v) is 3.47. The molecule has 0 aliphatic rings. The zero-order valence-electron chi connectivity index (χ0n) is 15.0. The maximum Gasteiger partial charge on any atom is 0.316 e. The van der Waals surface area contributed by atoms with Crippen molar-refractivity contribution in [2.24, 2.45) is 5.73 Å². The van der Waals surface area contributed by atoms with Gasteiger partial charge in [0.2, 0.25) is 0 Å². The van der Waals surface area contributed by atoms with Crippen molar-refractivity contribution in [3.63, 3.8) is 0 Å². The standard InChI is InChI=1S/C15H15BrN2O2.2C2H6/c1-20-14-7-4-11(9-13(14)16)8-10-2-5-12(6-3-10)18-15(17)19;2*1-2/h2-7,9H,8H2,1H3,(H3,17,18,19);2*1-2H3. The van der Waals surface area contributed by atoms with Gasteiger partial charge < -0.3 is 15.8 Å². The van der Waals surface area contributed by atoms with Crippen molar-refractivity contribution in [2.75, 3.05) is 12.4 Å². The molecular formula is C19H27BrN2O2. The fourth-order valence-electron chi connectivity index (χ4n) is 1.90. The summed E-state index contributed by atoms with van der Waals surface area (Å²) in [5, 5.41) is 2.53. The Morgan fingerprint density at radius 3 is 2.04 bits per heavy atom. The summed E-state index contributed by atoms with van der Waals surface area (Å²) in [6, 6.07) is 13.0. The number of rotatable bonds is 4. The maximum absolute atomic E-state index is 10.7. The summed E-state index contributed by atoms with van der Waals surface area (Å²) in [4.78, 5) is 10.7. The first kappa shape index (κ1) is 22.0. The minimum absolute atomic E-state index is 0.558. The Labute approximate surface area is 153 Å². The molecule has 0 fully saturated rings. The monoisotopic (exact) mass is 394 g/mol. The molecule has 0 aliphatic carbocycles. The van der Waals surface area contributed by atoms with Crippen molar-refractivity contribution in [2.45, 2.75) is 34.1 Å². The highest BCUT2D eigenvalue weighted by Gasteiger charge is 2.03. The summed E-state index contributed by atoms with van der Waals surface area (Å²) in [5.41, 5.74) is 8.08. The minimum atomic E-state index is -0.558. The van der Waals surface area contributed by atoms with Gasteiger partial charge in [0, 0.05) is 5.69 Å². The largest absolute Gasteiger partial charge is 0.496 e. The summed E-state index contributed by atoms with van der Waals surface area (Å²) in [6.45, 7) is 8.00. The number of benzene rings is 2. The number of anilines is 1. The van der Waals surface area contributed by atoms with Crippen molar-refractivity contribution < 1.29 is 9.53 Å². The molecule has 0 radical (unpaired) electrons. The van der Waals surface area contributed by atoms with Crippen LogP contribution in [-0.2, 0) is 6.42 Å². The molecule has 2 rings (SSSR count). The van der Waals surface area contributed by atoms with E-state index in [9.17, 15) is 4.79 Å². The Morgan fingerprint density at radius 2 is 1.58 bits per heavy atom. The molecule has 0 bridgehead atoms. The molecule has 3 N–H and O–H groups in total. The predicted molar refractivity (Wildman–Crippen MR) is 106 cm³/mol. The first-order valence-corrected chi connectivity index (χ1v) is 8.85. The second-order valence-electron chi connectivity index (χ2n) is 4.33. The van der Waals surface area contributed by atoms with Crippen molar-refractivity contribution in [3.05, 3.63) is 58.1 Å². The lowest BCUT2D eigenvalue weighted by atomic mass is 10.0. The van der Waals surface area contributed by atoms with Crippen LogP contribution in [0.1, 0.15) is 38.8 Å². The second kappa shape index (κ2) is 12.4. The van der Waals surface area contributed by atoms with Gasteiger partial charge in [0.15, 0.2) is 0 Å². The highest BCUT2D eigenvalue weighted by atomic mass is 79.9. The van der Waals surface area contributed by atoms with Gasteiger partial charge in [0.1, 0.15) is 5.75 Å². The van der Waals surface area contributed by atoms with E-state index in [1.165, 1.54) is 5.56 Å². The molecule has 0 heterocycles. The summed E-state index contributed by atoms with van der Waals surface area (Å²) >= 11 is 3.47. The Hall–Kier alpha value is -2.01. The van der Waals surface area contributed by atoms with Crippen LogP contribution in [0.4, 0.5) is 10.5 Å². The third kappa shape index (κ3) is 7.51. The molecule has 132 valence electrons. The molecule has 0 unspecified atom stereocenters. The van der Waals surface area contributed by atoms with Gasteiger partial charge in [-0.15, -0.1) is 0 Å². The smallest absolute Gasteiger partial charge is 0.316 e. The number of nitrogens with two attached hydrogens (primary N) is 1. The zero-order valence-corrected chi connectivity index (χ0v) is 16.6. The van der Waals surface area contributed by atoms with Crippen LogP contribution in [0.15, 0.2) is 46.9 Å². The number of hydrogen-bond donors (Lipinski definition) is 2. The number of primary amides is 1. The molecule has 0 saturated heterocycles. The van der Waals surface area contributed by atoms with Crippen LogP contribution in [0, 0.1) is 0 Å². The predicted octanol–water partition coefficient (Wildman–Crippen LogP) is 5.59. The van der Waals surface area contributed by atoms with Crippen molar-refractivity contribution in [3.8, 4) is 5.75 Å². The topological polar surface area (TPSA) is 64.3 Å². The summed E-state index contributed by atoms with van der Waals surface area (Å²) in [5.74, 6) is 0.815. The summed E-state index contributed by atoms with van der Waals surface area (Å²) < 4.78 is 6.14. The van der Waals surface area contributed by atoms with Crippen LogP contribution in [0.3, 0.4) is 0 Å². The molecule has 0 aromatic heterocycles. The number of halogens is 1. The van der Waals surface area contributed by atoms with E-state index in [2.05, 4.69) is 21.2 Å². The number of nitrogens with one attached hydrogen (secondary N) is 1. The number of amides is 2. The van der Waals surface area contributed by atoms with Crippen LogP contribution >= 0.6 is 15.9 Å². The fourth-order valence-corrected chi connectivity index (χ4v) is 2.49. The van der Waals surface area contributed by atoms with Gasteiger partial charge in [-0.05, 0) is 57.7 Å². The molecule has 24 heavy (non-hydrogen) atoms. The molecule has 5 heteroatoms. The highest BCUT2D eigenvalue weighted by molar-refractivity contribution is 9.10. The Balaban J connectivity index is 0.00000123. The molecule has 2 aromatic rings. The van der Waals surface area contributed by atoms with Gasteiger partial charge in [-0.25, -0.2) is 4.79 Å². The third-order valence-electron chi connectivity index (χ3n) is 2.85. The lowest BCUT2D eigenvalue weighted by Gasteiger charge is -2.07. The van der Waals surface area contributed by atoms with Gasteiger partial charge in [0.05, 0.1) is 11.6 Å². The minimum Gasteiger partial charge on any atom is -0.496 e. The van der Waals surface area contributed by atoms with Gasteiger partial charge in [0.25, 0.3) is 0 Å². The molecule has 0 aliphatic heterocycles. The van der Waals surface area contributed by atoms with Crippen molar-refractivity contribution >= 4 is 27.6 Å². The van der Waals surface area contributed by atoms with E-state index in [0.29, 0.717) is 5.69 Å². The van der Waals surface area contributed by atoms with Gasteiger partial charge in [-0.1, -0.05) is 45.9 Å². The molecule has 0 spiro atoms. The quantitative estimate of drug-likeness (QED) is 0.709. The van der Waals surface area contributed by atoms with E-state index < -0.39 is 6.03 Å². The lowest BCUT2D eigenvalue weighted by molar-refractivity contribution is 0.259. The van der Waals surface area contributed by atoms with Crippen LogP contribution in [0.25, 0.3) is 0 Å². The molecular weight excluding hydrogens is 368 g/mol. The summed E-state index contributed by atoms with van der Waals surface area (Å²) in [6.07, 6.45) is 0.805. The zero-order chi connectivity index (χ0) is 18.5. The Kier molecular flexibility index (Phi) is 11.4. The molecule has 0 atom stereocenters. The van der Waals surface area contributed by atoms with Crippen LogP contribution in [-0.4, -0.2) is 13.1 Å². The van der Waals surface area contributed by atoms with Crippen LogP contribution in [0.2, 0.25) is 0 Å². The SMILES string of the molecule is CC.CC.COc1ccc(Cc2ccc(NC(N)=O)cc2)cc1Br. The van der Waals surface area contributed by atoms with E-state index in [1.54, 1.807) is 7.11 Å². The second-order valence-corrected chi connectivity index (χ2v) is 5.19.